The van der Waals surface area contributed by atoms with Crippen LogP contribution in [0.3, 0.4) is 0 Å². The van der Waals surface area contributed by atoms with Crippen LogP contribution in [0.25, 0.3) is 0 Å². The number of hydrogen-bond acceptors (Lipinski definition) is 3. The highest BCUT2D eigenvalue weighted by atomic mass is 79.9. The molecule has 1 fully saturated rings. The fraction of sp³-hybridized carbons (Fsp3) is 0.750. The van der Waals surface area contributed by atoms with E-state index in [9.17, 15) is 0 Å². The van der Waals surface area contributed by atoms with E-state index >= 15 is 0 Å². The Bertz CT molecular complexity index is 388. The summed E-state index contributed by atoms with van der Waals surface area (Å²) >= 11 is 3.34. The van der Waals surface area contributed by atoms with Gasteiger partial charge >= 0.3 is 0 Å². The van der Waals surface area contributed by atoms with E-state index in [1.54, 1.807) is 0 Å². The van der Waals surface area contributed by atoms with Crippen LogP contribution < -0.4 is 5.32 Å². The molecule has 0 radical (unpaired) electrons. The average Bonchev–Trinajstić information content (AvgIpc) is 2.91. The number of nitrogens with one attached hydrogen (secondary N) is 1. The first-order valence-electron chi connectivity index (χ1n) is 7.85. The van der Waals surface area contributed by atoms with Gasteiger partial charge in [0.25, 0.3) is 0 Å². The van der Waals surface area contributed by atoms with E-state index in [2.05, 4.69) is 40.1 Å². The van der Waals surface area contributed by atoms with Gasteiger partial charge in [-0.3, -0.25) is 0 Å². The molecule has 1 aromatic heterocycles. The molecule has 3 nitrogen and oxygen atoms in total. The van der Waals surface area contributed by atoms with Crippen LogP contribution in [0, 0.1) is 0 Å². The van der Waals surface area contributed by atoms with Gasteiger partial charge < -0.3 is 14.6 Å². The predicted octanol–water partition coefficient (Wildman–Crippen LogP) is 4.35. The second kappa shape index (κ2) is 8.20. The van der Waals surface area contributed by atoms with Gasteiger partial charge in [0.2, 0.25) is 0 Å². The maximum absolute atomic E-state index is 5.56. The van der Waals surface area contributed by atoms with Crippen LogP contribution in [0.1, 0.15) is 57.3 Å². The quantitative estimate of drug-likeness (QED) is 0.746. The number of hydrogen-bond donors (Lipinski definition) is 1. The zero-order chi connectivity index (χ0) is 14.4. The molecule has 1 N–H and O–H groups in total. The Hall–Kier alpha value is -0.320. The lowest BCUT2D eigenvalue weighted by Crippen LogP contribution is -2.35. The number of nitrogens with zero attached hydrogens (tertiary/aromatic N) is 1. The van der Waals surface area contributed by atoms with Crippen molar-refractivity contribution >= 4 is 15.9 Å². The first kappa shape index (κ1) is 16.1. The smallest absolute Gasteiger partial charge is 0.169 e. The molecule has 0 aliphatic heterocycles. The van der Waals surface area contributed by atoms with Crippen LogP contribution in [0.4, 0.5) is 0 Å². The Labute approximate surface area is 131 Å². The standard InChI is InChI=1S/C16H27BrN2O/c1-13(15-9-10-16(17)20-15)18-11-6-12-19(2)14-7-4-3-5-8-14/h9-10,13-14,18H,3-8,11-12H2,1-2H3. The summed E-state index contributed by atoms with van der Waals surface area (Å²) in [5, 5.41) is 3.53. The topological polar surface area (TPSA) is 28.4 Å². The van der Waals surface area contributed by atoms with Crippen molar-refractivity contribution in [3.8, 4) is 0 Å². The van der Waals surface area contributed by atoms with Gasteiger partial charge in [0.15, 0.2) is 4.67 Å². The Morgan fingerprint density at radius 1 is 1.35 bits per heavy atom. The van der Waals surface area contributed by atoms with E-state index in [0.717, 1.165) is 23.0 Å². The molecule has 1 saturated carbocycles. The van der Waals surface area contributed by atoms with Crippen molar-refractivity contribution in [2.45, 2.75) is 57.5 Å². The summed E-state index contributed by atoms with van der Waals surface area (Å²) in [6.07, 6.45) is 8.23. The molecule has 0 bridgehead atoms. The van der Waals surface area contributed by atoms with Crippen LogP contribution in [-0.4, -0.2) is 31.1 Å². The van der Waals surface area contributed by atoms with E-state index in [1.165, 1.54) is 45.1 Å². The normalized spacial score (nSPS) is 18.6. The Balaban J connectivity index is 1.61. The van der Waals surface area contributed by atoms with Gasteiger partial charge in [0.05, 0.1) is 6.04 Å². The number of furan rings is 1. The molecule has 0 spiro atoms. The second-order valence-electron chi connectivity index (χ2n) is 5.94. The molecule has 1 aliphatic rings. The van der Waals surface area contributed by atoms with E-state index < -0.39 is 0 Å². The summed E-state index contributed by atoms with van der Waals surface area (Å²) in [5.74, 6) is 0.998. The van der Waals surface area contributed by atoms with Gasteiger partial charge in [-0.05, 0) is 74.4 Å². The third kappa shape index (κ3) is 4.90. The van der Waals surface area contributed by atoms with Crippen LogP contribution in [-0.2, 0) is 0 Å². The molecule has 20 heavy (non-hydrogen) atoms. The van der Waals surface area contributed by atoms with Gasteiger partial charge in [-0.25, -0.2) is 0 Å². The summed E-state index contributed by atoms with van der Waals surface area (Å²) in [7, 11) is 2.28. The molecule has 1 aromatic rings. The lowest BCUT2D eigenvalue weighted by atomic mass is 9.94. The third-order valence-corrected chi connectivity index (χ3v) is 4.78. The highest BCUT2D eigenvalue weighted by Crippen LogP contribution is 2.22. The second-order valence-corrected chi connectivity index (χ2v) is 6.73. The van der Waals surface area contributed by atoms with E-state index in [4.69, 9.17) is 4.42 Å². The largest absolute Gasteiger partial charge is 0.453 e. The van der Waals surface area contributed by atoms with Crippen LogP contribution in [0.5, 0.6) is 0 Å². The third-order valence-electron chi connectivity index (χ3n) is 4.36. The summed E-state index contributed by atoms with van der Waals surface area (Å²) in [6.45, 7) is 4.37. The molecule has 1 atom stereocenters. The predicted molar refractivity (Wildman–Crippen MR) is 86.9 cm³/mol. The summed E-state index contributed by atoms with van der Waals surface area (Å²) < 4.78 is 6.37. The van der Waals surface area contributed by atoms with Gasteiger partial charge in [-0.1, -0.05) is 19.3 Å². The summed E-state index contributed by atoms with van der Waals surface area (Å²) in [4.78, 5) is 2.55. The lowest BCUT2D eigenvalue weighted by molar-refractivity contribution is 0.189. The number of rotatable bonds is 7. The fourth-order valence-corrected chi connectivity index (χ4v) is 3.33. The average molecular weight is 343 g/mol. The first-order valence-corrected chi connectivity index (χ1v) is 8.65. The van der Waals surface area contributed by atoms with Crippen molar-refractivity contribution in [3.05, 3.63) is 22.6 Å². The molecular formula is C16H27BrN2O. The first-order chi connectivity index (χ1) is 9.66. The zero-order valence-electron chi connectivity index (χ0n) is 12.7. The van der Waals surface area contributed by atoms with Crippen LogP contribution in [0.15, 0.2) is 21.2 Å². The molecule has 2 rings (SSSR count). The molecule has 1 aliphatic carbocycles. The highest BCUT2D eigenvalue weighted by molar-refractivity contribution is 9.10. The zero-order valence-corrected chi connectivity index (χ0v) is 14.3. The van der Waals surface area contributed by atoms with Crippen molar-refractivity contribution in [2.24, 2.45) is 0 Å². The summed E-state index contributed by atoms with van der Waals surface area (Å²) in [5.41, 5.74) is 0. The van der Waals surface area contributed by atoms with Gasteiger partial charge in [-0.2, -0.15) is 0 Å². The van der Waals surface area contributed by atoms with Gasteiger partial charge in [-0.15, -0.1) is 0 Å². The van der Waals surface area contributed by atoms with Crippen LogP contribution >= 0.6 is 15.9 Å². The van der Waals surface area contributed by atoms with Crippen molar-refractivity contribution in [1.29, 1.82) is 0 Å². The SMILES string of the molecule is CC(NCCCN(C)C1CCCCC1)c1ccc(Br)o1. The Morgan fingerprint density at radius 2 is 2.10 bits per heavy atom. The van der Waals surface area contributed by atoms with Crippen LogP contribution in [0.2, 0.25) is 0 Å². The van der Waals surface area contributed by atoms with Gasteiger partial charge in [0.1, 0.15) is 5.76 Å². The molecule has 0 aromatic carbocycles. The Morgan fingerprint density at radius 3 is 2.75 bits per heavy atom. The minimum Gasteiger partial charge on any atom is -0.453 e. The van der Waals surface area contributed by atoms with E-state index in [0.29, 0.717) is 0 Å². The molecular weight excluding hydrogens is 316 g/mol. The Kier molecular flexibility index (Phi) is 6.59. The summed E-state index contributed by atoms with van der Waals surface area (Å²) in [6, 6.07) is 5.07. The minimum absolute atomic E-state index is 0.279. The molecule has 0 amide bonds. The minimum atomic E-state index is 0.279. The van der Waals surface area contributed by atoms with Crippen molar-refractivity contribution in [3.63, 3.8) is 0 Å². The van der Waals surface area contributed by atoms with Crippen molar-refractivity contribution in [1.82, 2.24) is 10.2 Å². The fourth-order valence-electron chi connectivity index (χ4n) is 3.01. The van der Waals surface area contributed by atoms with Crippen molar-refractivity contribution < 1.29 is 4.42 Å². The monoisotopic (exact) mass is 342 g/mol. The molecule has 1 heterocycles. The highest BCUT2D eigenvalue weighted by Gasteiger charge is 2.17. The molecule has 114 valence electrons. The lowest BCUT2D eigenvalue weighted by Gasteiger charge is -2.31. The van der Waals surface area contributed by atoms with Gasteiger partial charge in [0, 0.05) is 6.04 Å². The maximum Gasteiger partial charge on any atom is 0.169 e. The molecule has 1 unspecified atom stereocenters. The maximum atomic E-state index is 5.56. The van der Waals surface area contributed by atoms with Crippen molar-refractivity contribution in [2.75, 3.05) is 20.1 Å². The molecule has 0 saturated heterocycles. The molecule has 4 heteroatoms. The van der Waals surface area contributed by atoms with E-state index in [-0.39, 0.29) is 6.04 Å². The number of halogens is 1. The van der Waals surface area contributed by atoms with E-state index in [1.807, 2.05) is 12.1 Å².